The molecule has 0 atom stereocenters. The monoisotopic (exact) mass is 370 g/mol. The summed E-state index contributed by atoms with van der Waals surface area (Å²) in [5, 5.41) is 15.2. The highest BCUT2D eigenvalue weighted by Gasteiger charge is 2.22. The van der Waals surface area contributed by atoms with E-state index in [0.29, 0.717) is 22.0 Å². The Labute approximate surface area is 151 Å². The highest BCUT2D eigenvalue weighted by Crippen LogP contribution is 2.35. The lowest BCUT2D eigenvalue weighted by molar-refractivity contribution is 0.446. The Kier molecular flexibility index (Phi) is 3.77. The van der Waals surface area contributed by atoms with Gasteiger partial charge in [-0.2, -0.15) is 9.78 Å². The van der Waals surface area contributed by atoms with Crippen molar-refractivity contribution in [1.82, 2.24) is 9.78 Å². The van der Waals surface area contributed by atoms with Gasteiger partial charge in [0, 0.05) is 5.56 Å². The highest BCUT2D eigenvalue weighted by atomic mass is 35.5. The van der Waals surface area contributed by atoms with Gasteiger partial charge in [0.1, 0.15) is 11.2 Å². The van der Waals surface area contributed by atoms with Gasteiger partial charge in [0.25, 0.3) is 0 Å². The Balaban J connectivity index is 2.07. The van der Waals surface area contributed by atoms with Gasteiger partial charge >= 0.3 is 0 Å². The molecule has 0 saturated carbocycles. The van der Waals surface area contributed by atoms with E-state index < -0.39 is 17.0 Å². The van der Waals surface area contributed by atoms with Gasteiger partial charge in [0.05, 0.1) is 16.4 Å². The van der Waals surface area contributed by atoms with Gasteiger partial charge in [-0.05, 0) is 43.3 Å². The third-order valence-corrected chi connectivity index (χ3v) is 4.39. The number of benzene rings is 2. The van der Waals surface area contributed by atoms with Crippen LogP contribution in [0, 0.1) is 12.7 Å². The molecule has 0 fully saturated rings. The van der Waals surface area contributed by atoms with Crippen LogP contribution in [-0.4, -0.2) is 14.9 Å². The van der Waals surface area contributed by atoms with E-state index in [0.717, 1.165) is 0 Å². The molecule has 0 bridgehead atoms. The quantitative estimate of drug-likeness (QED) is 0.566. The molecule has 0 radical (unpaired) electrons. The third-order valence-electron chi connectivity index (χ3n) is 4.06. The Bertz CT molecular complexity index is 1200. The molecule has 0 aliphatic carbocycles. The zero-order valence-electron chi connectivity index (χ0n) is 13.5. The maximum atomic E-state index is 13.2. The molecule has 0 aliphatic heterocycles. The van der Waals surface area contributed by atoms with Gasteiger partial charge in [-0.25, -0.2) is 4.39 Å². The average Bonchev–Trinajstić information content (AvgIpc) is 2.96. The summed E-state index contributed by atoms with van der Waals surface area (Å²) in [6.07, 6.45) is 0. The molecule has 0 spiro atoms. The van der Waals surface area contributed by atoms with Crippen LogP contribution in [0.1, 0.15) is 5.69 Å². The number of hydrogen-bond acceptors (Lipinski definition) is 4. The van der Waals surface area contributed by atoms with Crippen molar-refractivity contribution in [2.24, 2.45) is 0 Å². The molecule has 4 aromatic rings. The lowest BCUT2D eigenvalue weighted by Crippen LogP contribution is -2.04. The van der Waals surface area contributed by atoms with E-state index in [1.54, 1.807) is 31.2 Å². The minimum Gasteiger partial charge on any atom is -0.502 e. The maximum Gasteiger partial charge on any atom is 0.238 e. The molecule has 5 nitrogen and oxygen atoms in total. The van der Waals surface area contributed by atoms with Gasteiger partial charge in [-0.15, -0.1) is 0 Å². The van der Waals surface area contributed by atoms with Crippen LogP contribution in [-0.2, 0) is 0 Å². The second-order valence-electron chi connectivity index (χ2n) is 5.74. The Morgan fingerprint density at radius 3 is 2.54 bits per heavy atom. The van der Waals surface area contributed by atoms with E-state index in [-0.39, 0.29) is 16.9 Å². The predicted molar refractivity (Wildman–Crippen MR) is 96.4 cm³/mol. The summed E-state index contributed by atoms with van der Waals surface area (Å²) in [4.78, 5) is 12.7. The molecule has 0 unspecified atom stereocenters. The minimum absolute atomic E-state index is 0.0450. The number of halogens is 2. The Morgan fingerprint density at radius 1 is 1.15 bits per heavy atom. The third kappa shape index (κ3) is 2.46. The largest absolute Gasteiger partial charge is 0.502 e. The van der Waals surface area contributed by atoms with Gasteiger partial charge in [0.2, 0.25) is 16.9 Å². The second kappa shape index (κ2) is 6.00. The first-order chi connectivity index (χ1) is 12.5. The molecule has 2 aromatic carbocycles. The summed E-state index contributed by atoms with van der Waals surface area (Å²) >= 11 is 6.18. The van der Waals surface area contributed by atoms with Crippen LogP contribution in [0.2, 0.25) is 5.02 Å². The predicted octanol–water partition coefficient (Wildman–Crippen LogP) is 4.45. The van der Waals surface area contributed by atoms with E-state index >= 15 is 0 Å². The molecule has 2 aromatic heterocycles. The fourth-order valence-electron chi connectivity index (χ4n) is 2.81. The molecule has 26 heavy (non-hydrogen) atoms. The molecule has 1 N–H and O–H groups in total. The van der Waals surface area contributed by atoms with E-state index in [1.807, 2.05) is 0 Å². The summed E-state index contributed by atoms with van der Waals surface area (Å²) in [7, 11) is 0. The number of aryl methyl sites for hydroxylation is 1. The van der Waals surface area contributed by atoms with Crippen molar-refractivity contribution in [3.63, 3.8) is 0 Å². The number of aromatic hydroxyl groups is 1. The topological polar surface area (TPSA) is 68.3 Å². The summed E-state index contributed by atoms with van der Waals surface area (Å²) in [5.41, 5.74) is 0.830. The highest BCUT2D eigenvalue weighted by molar-refractivity contribution is 6.33. The molecular weight excluding hydrogens is 359 g/mol. The Morgan fingerprint density at radius 2 is 1.85 bits per heavy atom. The molecular formula is C19H12ClFN2O3. The van der Waals surface area contributed by atoms with Crippen molar-refractivity contribution < 1.29 is 13.9 Å². The standard InChI is InChI=1S/C19H12ClFN2O3/c1-10-15-16(24)17(25)18(13-4-2-3-5-14(13)20)26-19(15)23(22-10)12-8-6-11(21)7-9-12/h2-9,25H,1H3. The molecule has 2 heterocycles. The van der Waals surface area contributed by atoms with Crippen LogP contribution >= 0.6 is 11.6 Å². The summed E-state index contributed by atoms with van der Waals surface area (Å²) < 4.78 is 20.5. The average molecular weight is 371 g/mol. The van der Waals surface area contributed by atoms with Gasteiger partial charge < -0.3 is 9.52 Å². The first-order valence-electron chi connectivity index (χ1n) is 7.73. The molecule has 0 amide bonds. The SMILES string of the molecule is Cc1nn(-c2ccc(F)cc2)c2oc(-c3ccccc3Cl)c(O)c(=O)c12. The fraction of sp³-hybridized carbons (Fsp3) is 0.0526. The van der Waals surface area contributed by atoms with Gasteiger partial charge in [0.15, 0.2) is 5.76 Å². The molecule has 130 valence electrons. The second-order valence-corrected chi connectivity index (χ2v) is 6.15. The summed E-state index contributed by atoms with van der Waals surface area (Å²) in [5.74, 6) is -0.971. The number of fused-ring (bicyclic) bond motifs is 1. The van der Waals surface area contributed by atoms with Crippen LogP contribution in [0.5, 0.6) is 5.75 Å². The van der Waals surface area contributed by atoms with E-state index in [9.17, 15) is 14.3 Å². The first-order valence-corrected chi connectivity index (χ1v) is 8.11. The van der Waals surface area contributed by atoms with Crippen molar-refractivity contribution in [2.45, 2.75) is 6.92 Å². The minimum atomic E-state index is -0.605. The molecule has 4 rings (SSSR count). The van der Waals surface area contributed by atoms with Crippen molar-refractivity contribution in [2.75, 3.05) is 0 Å². The smallest absolute Gasteiger partial charge is 0.238 e. The van der Waals surface area contributed by atoms with Crippen molar-refractivity contribution >= 4 is 22.7 Å². The fourth-order valence-corrected chi connectivity index (χ4v) is 3.04. The van der Waals surface area contributed by atoms with Crippen molar-refractivity contribution in [3.05, 3.63) is 75.3 Å². The Hall–Kier alpha value is -3.12. The van der Waals surface area contributed by atoms with Crippen LogP contribution in [0.25, 0.3) is 28.1 Å². The van der Waals surface area contributed by atoms with Crippen LogP contribution in [0.15, 0.2) is 57.7 Å². The van der Waals surface area contributed by atoms with Crippen LogP contribution in [0.3, 0.4) is 0 Å². The van der Waals surface area contributed by atoms with Crippen molar-refractivity contribution in [1.29, 1.82) is 0 Å². The molecule has 7 heteroatoms. The summed E-state index contributed by atoms with van der Waals surface area (Å²) in [6.45, 7) is 1.63. The zero-order chi connectivity index (χ0) is 18.4. The number of rotatable bonds is 2. The molecule has 0 aliphatic rings. The van der Waals surface area contributed by atoms with Crippen LogP contribution in [0.4, 0.5) is 4.39 Å². The van der Waals surface area contributed by atoms with E-state index in [4.69, 9.17) is 16.0 Å². The maximum absolute atomic E-state index is 13.2. The molecule has 0 saturated heterocycles. The number of hydrogen-bond donors (Lipinski definition) is 1. The van der Waals surface area contributed by atoms with Gasteiger partial charge in [-0.3, -0.25) is 4.79 Å². The van der Waals surface area contributed by atoms with E-state index in [1.165, 1.54) is 28.9 Å². The summed E-state index contributed by atoms with van der Waals surface area (Å²) in [6, 6.07) is 12.3. The van der Waals surface area contributed by atoms with Crippen molar-refractivity contribution in [3.8, 4) is 22.8 Å². The van der Waals surface area contributed by atoms with Gasteiger partial charge in [-0.1, -0.05) is 23.7 Å². The zero-order valence-corrected chi connectivity index (χ0v) is 14.3. The lowest BCUT2D eigenvalue weighted by Gasteiger charge is -2.07. The number of aromatic nitrogens is 2. The number of nitrogens with zero attached hydrogens (tertiary/aromatic N) is 2. The van der Waals surface area contributed by atoms with E-state index in [2.05, 4.69) is 5.10 Å². The lowest BCUT2D eigenvalue weighted by atomic mass is 10.1. The van der Waals surface area contributed by atoms with Crippen LogP contribution < -0.4 is 5.43 Å². The first kappa shape index (κ1) is 16.4. The normalized spacial score (nSPS) is 11.2.